The van der Waals surface area contributed by atoms with Crippen molar-refractivity contribution in [1.82, 2.24) is 20.1 Å². The lowest BCUT2D eigenvalue weighted by molar-refractivity contribution is -0.0404. The van der Waals surface area contributed by atoms with Crippen LogP contribution in [0.5, 0.6) is 0 Å². The molecule has 3 N–H and O–H groups in total. The first kappa shape index (κ1) is 29.7. The molecule has 1 aliphatic heterocycles. The zero-order chi connectivity index (χ0) is 29.5. The fraction of sp³-hybridized carbons (Fsp3) is 0.613. The Morgan fingerprint density at radius 1 is 1.10 bits per heavy atom. The van der Waals surface area contributed by atoms with Gasteiger partial charge in [0, 0.05) is 54.3 Å². The number of thiazole rings is 1. The molecule has 1 aromatic carbocycles. The highest BCUT2D eigenvalue weighted by molar-refractivity contribution is 7.92. The molecule has 3 heterocycles. The molecule has 2 aliphatic carbocycles. The van der Waals surface area contributed by atoms with E-state index in [9.17, 15) is 13.5 Å². The van der Waals surface area contributed by atoms with Crippen molar-refractivity contribution in [2.45, 2.75) is 112 Å². The molecule has 42 heavy (non-hydrogen) atoms. The normalized spacial score (nSPS) is 23.7. The van der Waals surface area contributed by atoms with Crippen molar-refractivity contribution in [2.24, 2.45) is 0 Å². The number of ether oxygens (including phenoxy) is 1. The minimum atomic E-state index is -3.46. The topological polar surface area (TPSA) is 118 Å². The number of anilines is 2. The van der Waals surface area contributed by atoms with E-state index in [1.165, 1.54) is 0 Å². The fourth-order valence-corrected chi connectivity index (χ4v) is 9.12. The van der Waals surface area contributed by atoms with E-state index in [1.807, 2.05) is 49.8 Å². The second-order valence-corrected chi connectivity index (χ2v) is 16.1. The van der Waals surface area contributed by atoms with Gasteiger partial charge in [-0.3, -0.25) is 0 Å². The van der Waals surface area contributed by atoms with Gasteiger partial charge in [0.1, 0.15) is 0 Å². The van der Waals surface area contributed by atoms with Crippen molar-refractivity contribution in [3.05, 3.63) is 41.2 Å². The lowest BCUT2D eigenvalue weighted by Crippen LogP contribution is -2.42. The van der Waals surface area contributed by atoms with E-state index in [2.05, 4.69) is 10.6 Å². The molecule has 1 saturated heterocycles. The number of rotatable bonds is 10. The van der Waals surface area contributed by atoms with Crippen LogP contribution < -0.4 is 10.6 Å². The van der Waals surface area contributed by atoms with Crippen LogP contribution in [0, 0.1) is 6.92 Å². The number of benzene rings is 1. The highest BCUT2D eigenvalue weighted by Crippen LogP contribution is 2.43. The number of aromatic nitrogens is 3. The maximum Gasteiger partial charge on any atom is 0.181 e. The number of nitrogens with one attached hydrogen (secondary N) is 2. The van der Waals surface area contributed by atoms with Gasteiger partial charge in [0.25, 0.3) is 0 Å². The summed E-state index contributed by atoms with van der Waals surface area (Å²) in [5.41, 5.74) is 1.73. The summed E-state index contributed by atoms with van der Waals surface area (Å²) in [5.74, 6) is 1.05. The van der Waals surface area contributed by atoms with Crippen LogP contribution in [0.1, 0.15) is 94.5 Å². The fourth-order valence-electron chi connectivity index (χ4n) is 6.04. The molecule has 3 aromatic rings. The Kier molecular flexibility index (Phi) is 8.50. The molecule has 228 valence electrons. The van der Waals surface area contributed by atoms with E-state index < -0.39 is 15.4 Å². The minimum Gasteiger partial charge on any atom is -0.389 e. The van der Waals surface area contributed by atoms with Crippen LogP contribution in [0.25, 0.3) is 10.4 Å². The van der Waals surface area contributed by atoms with E-state index in [1.54, 1.807) is 17.4 Å². The Morgan fingerprint density at radius 3 is 2.57 bits per heavy atom. The average Bonchev–Trinajstić information content (AvgIpc) is 3.62. The van der Waals surface area contributed by atoms with Crippen LogP contribution in [0.4, 0.5) is 11.5 Å². The Bertz CT molecular complexity index is 1490. The molecule has 0 amide bonds. The van der Waals surface area contributed by atoms with Crippen LogP contribution in [-0.2, 0) is 14.6 Å². The molecule has 0 bridgehead atoms. The smallest absolute Gasteiger partial charge is 0.181 e. The molecular weight excluding hydrogens is 571 g/mol. The van der Waals surface area contributed by atoms with Crippen molar-refractivity contribution in [3.63, 3.8) is 0 Å². The van der Waals surface area contributed by atoms with Gasteiger partial charge in [0.05, 0.1) is 25.6 Å². The molecule has 3 aliphatic rings. The molecule has 0 radical (unpaired) electrons. The van der Waals surface area contributed by atoms with Crippen molar-refractivity contribution in [3.8, 4) is 10.4 Å². The first-order chi connectivity index (χ1) is 20.1. The number of nitrogens with zero attached hydrogens (tertiary/aromatic N) is 3. The summed E-state index contributed by atoms with van der Waals surface area (Å²) in [5, 5.41) is 22.4. The second-order valence-electron chi connectivity index (χ2n) is 12.8. The monoisotopic (exact) mass is 613 g/mol. The van der Waals surface area contributed by atoms with E-state index in [-0.39, 0.29) is 11.5 Å². The molecule has 2 saturated carbocycles. The van der Waals surface area contributed by atoms with Crippen LogP contribution in [0.3, 0.4) is 0 Å². The number of sulfone groups is 1. The third-order valence-electron chi connectivity index (χ3n) is 8.56. The molecule has 2 aromatic heterocycles. The second kappa shape index (κ2) is 12.0. The summed E-state index contributed by atoms with van der Waals surface area (Å²) in [6, 6.07) is 8.01. The first-order valence-electron chi connectivity index (χ1n) is 15.3. The highest BCUT2D eigenvalue weighted by atomic mass is 32.2. The van der Waals surface area contributed by atoms with Gasteiger partial charge >= 0.3 is 0 Å². The third-order valence-corrected chi connectivity index (χ3v) is 12.1. The highest BCUT2D eigenvalue weighted by Gasteiger charge is 2.39. The Labute approximate surface area is 253 Å². The van der Waals surface area contributed by atoms with Gasteiger partial charge < -0.3 is 20.5 Å². The lowest BCUT2D eigenvalue weighted by Gasteiger charge is -2.30. The molecule has 11 heteroatoms. The van der Waals surface area contributed by atoms with Gasteiger partial charge in [-0.15, -0.1) is 11.3 Å². The maximum absolute atomic E-state index is 13.6. The summed E-state index contributed by atoms with van der Waals surface area (Å²) in [4.78, 5) is 6.05. The molecule has 1 unspecified atom stereocenters. The predicted octanol–water partition coefficient (Wildman–Crippen LogP) is 6.08. The Balaban J connectivity index is 1.20. The zero-order valence-corrected chi connectivity index (χ0v) is 26.4. The molecular formula is C31H43N5O4S2. The summed E-state index contributed by atoms with van der Waals surface area (Å²) in [7, 11) is -3.46. The lowest BCUT2D eigenvalue weighted by atomic mass is 9.86. The number of aliphatic hydroxyl groups is 1. The molecule has 1 atom stereocenters. The standard InChI is InChI=1S/C31H43N5O4S2/c1-20-16-28(35-36(20)29-6-4-5-15-40-29)34-23-11-14-25(27(17-23)42(38,39)24-12-13-24)26-18-32-30(41-26)21-7-9-22(10-8-21)33-19-31(2,3)37/h11,14,16-18,21-22,24,29,33,37H,4-10,12-13,15,19H2,1-3H3,(H,34,35). The first-order valence-corrected chi connectivity index (χ1v) is 17.7. The van der Waals surface area contributed by atoms with Crippen molar-refractivity contribution in [1.29, 1.82) is 0 Å². The number of hydrogen-bond acceptors (Lipinski definition) is 9. The predicted molar refractivity (Wildman–Crippen MR) is 166 cm³/mol. The summed E-state index contributed by atoms with van der Waals surface area (Å²) in [6.07, 6.45) is 10.5. The summed E-state index contributed by atoms with van der Waals surface area (Å²) >= 11 is 1.62. The van der Waals surface area contributed by atoms with Crippen LogP contribution in [-0.4, -0.2) is 58.3 Å². The van der Waals surface area contributed by atoms with Gasteiger partial charge in [-0.2, -0.15) is 5.10 Å². The van der Waals surface area contributed by atoms with Gasteiger partial charge in [-0.1, -0.05) is 6.07 Å². The van der Waals surface area contributed by atoms with Crippen molar-refractivity contribution in [2.75, 3.05) is 18.5 Å². The largest absolute Gasteiger partial charge is 0.389 e. The summed E-state index contributed by atoms with van der Waals surface area (Å²) in [6.45, 7) is 7.00. The molecule has 9 nitrogen and oxygen atoms in total. The minimum absolute atomic E-state index is 0.0537. The van der Waals surface area contributed by atoms with E-state index >= 15 is 0 Å². The van der Waals surface area contributed by atoms with E-state index in [4.69, 9.17) is 14.8 Å². The SMILES string of the molecule is Cc1cc(Nc2ccc(-c3cnc(C4CCC(NCC(C)(C)O)CC4)s3)c(S(=O)(=O)C3CC3)c2)nn1C1CCCCO1. The Morgan fingerprint density at radius 2 is 1.88 bits per heavy atom. The van der Waals surface area contributed by atoms with Crippen LogP contribution in [0.15, 0.2) is 35.4 Å². The third kappa shape index (κ3) is 6.75. The van der Waals surface area contributed by atoms with Crippen molar-refractivity contribution >= 4 is 32.7 Å². The number of aryl methyl sites for hydroxylation is 1. The quantitative estimate of drug-likeness (QED) is 0.252. The van der Waals surface area contributed by atoms with Crippen LogP contribution >= 0.6 is 11.3 Å². The summed E-state index contributed by atoms with van der Waals surface area (Å²) < 4.78 is 35.1. The zero-order valence-electron chi connectivity index (χ0n) is 24.8. The average molecular weight is 614 g/mol. The van der Waals surface area contributed by atoms with Gasteiger partial charge in [-0.25, -0.2) is 18.1 Å². The van der Waals surface area contributed by atoms with Gasteiger partial charge in [-0.05, 0) is 90.7 Å². The van der Waals surface area contributed by atoms with E-state index in [0.29, 0.717) is 47.7 Å². The van der Waals surface area contributed by atoms with E-state index in [0.717, 1.165) is 72.7 Å². The maximum atomic E-state index is 13.6. The van der Waals surface area contributed by atoms with Gasteiger partial charge in [0.15, 0.2) is 21.9 Å². The van der Waals surface area contributed by atoms with Crippen molar-refractivity contribution < 1.29 is 18.3 Å². The Hall–Kier alpha value is -2.31. The number of hydrogen-bond donors (Lipinski definition) is 3. The molecule has 0 spiro atoms. The van der Waals surface area contributed by atoms with Crippen LogP contribution in [0.2, 0.25) is 0 Å². The van der Waals surface area contributed by atoms with Gasteiger partial charge in [0.2, 0.25) is 0 Å². The molecule has 6 rings (SSSR count). The molecule has 3 fully saturated rings.